The fraction of sp³-hybridized carbons (Fsp3) is 0.389. The molecule has 0 spiro atoms. The van der Waals surface area contributed by atoms with Gasteiger partial charge in [0.05, 0.1) is 24.1 Å². The molecule has 26 heavy (non-hydrogen) atoms. The maximum atomic E-state index is 12.9. The first-order chi connectivity index (χ1) is 12.3. The molecule has 0 fully saturated rings. The van der Waals surface area contributed by atoms with Crippen LogP contribution in [0.5, 0.6) is 5.75 Å². The molecule has 2 rings (SSSR count). The van der Waals surface area contributed by atoms with E-state index in [9.17, 15) is 13.2 Å². The number of ether oxygens (including phenoxy) is 1. The van der Waals surface area contributed by atoms with Crippen LogP contribution in [0.2, 0.25) is 0 Å². The molecule has 0 unspecified atom stereocenters. The zero-order valence-corrected chi connectivity index (χ0v) is 17.1. The van der Waals surface area contributed by atoms with Crippen molar-refractivity contribution in [2.24, 2.45) is 0 Å². The highest BCUT2D eigenvalue weighted by Gasteiger charge is 2.25. The molecule has 0 aliphatic carbocycles. The summed E-state index contributed by atoms with van der Waals surface area (Å²) in [6, 6.07) is 8.29. The predicted molar refractivity (Wildman–Crippen MR) is 103 cm³/mol. The van der Waals surface area contributed by atoms with Gasteiger partial charge in [0.2, 0.25) is 10.0 Å². The lowest BCUT2D eigenvalue weighted by atomic mass is 10.1. The fourth-order valence-corrected chi connectivity index (χ4v) is 4.88. The molecule has 142 valence electrons. The van der Waals surface area contributed by atoms with Gasteiger partial charge in [-0.3, -0.25) is 4.79 Å². The summed E-state index contributed by atoms with van der Waals surface area (Å²) < 4.78 is 32.2. The second-order valence-corrected chi connectivity index (χ2v) is 8.66. The van der Waals surface area contributed by atoms with E-state index in [1.54, 1.807) is 37.1 Å². The van der Waals surface area contributed by atoms with Crippen LogP contribution in [-0.4, -0.2) is 50.8 Å². The Hall–Kier alpha value is -1.90. The normalized spacial score (nSPS) is 11.6. The van der Waals surface area contributed by atoms with E-state index >= 15 is 0 Å². The minimum absolute atomic E-state index is 0.0925. The topological polar surface area (TPSA) is 66.9 Å². The molecule has 0 atom stereocenters. The molecule has 0 aliphatic heterocycles. The molecule has 0 bridgehead atoms. The van der Waals surface area contributed by atoms with Crippen LogP contribution in [0.15, 0.2) is 40.6 Å². The van der Waals surface area contributed by atoms with E-state index in [1.807, 2.05) is 17.5 Å². The van der Waals surface area contributed by atoms with Crippen LogP contribution in [0.4, 0.5) is 0 Å². The van der Waals surface area contributed by atoms with Crippen LogP contribution in [0.3, 0.4) is 0 Å². The maximum absolute atomic E-state index is 12.9. The van der Waals surface area contributed by atoms with Crippen LogP contribution in [0.25, 0.3) is 0 Å². The van der Waals surface area contributed by atoms with Gasteiger partial charge in [0, 0.05) is 25.0 Å². The van der Waals surface area contributed by atoms with Crippen molar-refractivity contribution in [2.75, 3.05) is 27.2 Å². The summed E-state index contributed by atoms with van der Waals surface area (Å²) in [5.74, 6) is 0.0679. The Morgan fingerprint density at radius 3 is 2.42 bits per heavy atom. The van der Waals surface area contributed by atoms with Gasteiger partial charge in [0.1, 0.15) is 5.75 Å². The Bertz CT molecular complexity index is 844. The largest absolute Gasteiger partial charge is 0.496 e. The van der Waals surface area contributed by atoms with Crippen molar-refractivity contribution >= 4 is 27.3 Å². The summed E-state index contributed by atoms with van der Waals surface area (Å²) in [4.78, 5) is 15.6. The smallest absolute Gasteiger partial charge is 0.257 e. The van der Waals surface area contributed by atoms with E-state index in [4.69, 9.17) is 4.74 Å². The SMILES string of the molecule is CCN(CC)S(=O)(=O)c1ccc(OC)c(C(=O)N(C)Cc2cccs2)c1. The number of hydrogen-bond acceptors (Lipinski definition) is 5. The summed E-state index contributed by atoms with van der Waals surface area (Å²) in [5, 5.41) is 1.95. The van der Waals surface area contributed by atoms with Gasteiger partial charge in [0.15, 0.2) is 0 Å². The number of benzene rings is 1. The molecule has 1 amide bonds. The lowest BCUT2D eigenvalue weighted by Gasteiger charge is -2.21. The van der Waals surface area contributed by atoms with E-state index in [0.717, 1.165) is 4.88 Å². The third kappa shape index (κ3) is 4.25. The molecule has 0 N–H and O–H groups in total. The number of carbonyl (C=O) groups is 1. The fourth-order valence-electron chi connectivity index (χ4n) is 2.64. The number of hydrogen-bond donors (Lipinski definition) is 0. The van der Waals surface area contributed by atoms with Crippen LogP contribution in [-0.2, 0) is 16.6 Å². The lowest BCUT2D eigenvalue weighted by molar-refractivity contribution is 0.0783. The Morgan fingerprint density at radius 1 is 1.19 bits per heavy atom. The minimum atomic E-state index is -3.65. The molecule has 0 radical (unpaired) electrons. The summed E-state index contributed by atoms with van der Waals surface area (Å²) in [7, 11) is -0.499. The minimum Gasteiger partial charge on any atom is -0.496 e. The van der Waals surface area contributed by atoms with Gasteiger partial charge in [0.25, 0.3) is 5.91 Å². The van der Waals surface area contributed by atoms with Gasteiger partial charge in [-0.15, -0.1) is 11.3 Å². The Balaban J connectivity index is 2.39. The van der Waals surface area contributed by atoms with Crippen molar-refractivity contribution in [3.05, 3.63) is 46.2 Å². The van der Waals surface area contributed by atoms with Crippen molar-refractivity contribution in [1.29, 1.82) is 0 Å². The number of amides is 1. The monoisotopic (exact) mass is 396 g/mol. The summed E-state index contributed by atoms with van der Waals surface area (Å²) in [6.45, 7) is 4.75. The quantitative estimate of drug-likeness (QED) is 0.688. The summed E-state index contributed by atoms with van der Waals surface area (Å²) in [5.41, 5.74) is 0.236. The first-order valence-corrected chi connectivity index (χ1v) is 10.6. The molecule has 1 aromatic heterocycles. The van der Waals surface area contributed by atoms with E-state index in [1.165, 1.54) is 29.6 Å². The van der Waals surface area contributed by atoms with E-state index < -0.39 is 10.0 Å². The number of rotatable bonds is 8. The predicted octanol–water partition coefficient (Wildman–Crippen LogP) is 3.06. The zero-order chi connectivity index (χ0) is 19.3. The Morgan fingerprint density at radius 2 is 1.88 bits per heavy atom. The standard InChI is InChI=1S/C18H24N2O4S2/c1-5-20(6-2)26(22,23)15-9-10-17(24-4)16(12-15)18(21)19(3)13-14-8-7-11-25-14/h7-12H,5-6,13H2,1-4H3. The van der Waals surface area contributed by atoms with Crippen molar-refractivity contribution < 1.29 is 17.9 Å². The average molecular weight is 397 g/mol. The molecule has 0 saturated heterocycles. The van der Waals surface area contributed by atoms with Gasteiger partial charge < -0.3 is 9.64 Å². The molecular weight excluding hydrogens is 372 g/mol. The van der Waals surface area contributed by atoms with Crippen LogP contribution >= 0.6 is 11.3 Å². The van der Waals surface area contributed by atoms with Crippen LogP contribution in [0.1, 0.15) is 29.1 Å². The average Bonchev–Trinajstić information content (AvgIpc) is 3.14. The first kappa shape index (κ1) is 20.4. The summed E-state index contributed by atoms with van der Waals surface area (Å²) in [6.07, 6.45) is 0. The van der Waals surface area contributed by atoms with Gasteiger partial charge in [-0.25, -0.2) is 8.42 Å². The van der Waals surface area contributed by atoms with E-state index in [2.05, 4.69) is 0 Å². The maximum Gasteiger partial charge on any atom is 0.257 e. The van der Waals surface area contributed by atoms with Crippen molar-refractivity contribution in [1.82, 2.24) is 9.21 Å². The third-order valence-electron chi connectivity index (χ3n) is 4.06. The zero-order valence-electron chi connectivity index (χ0n) is 15.4. The van der Waals surface area contributed by atoms with Crippen molar-refractivity contribution in [2.45, 2.75) is 25.3 Å². The number of nitrogens with zero attached hydrogens (tertiary/aromatic N) is 2. The third-order valence-corrected chi connectivity index (χ3v) is 6.97. The molecule has 8 heteroatoms. The van der Waals surface area contributed by atoms with Crippen LogP contribution < -0.4 is 4.74 Å². The summed E-state index contributed by atoms with van der Waals surface area (Å²) >= 11 is 1.56. The highest BCUT2D eigenvalue weighted by Crippen LogP contribution is 2.26. The van der Waals surface area contributed by atoms with E-state index in [-0.39, 0.29) is 16.4 Å². The van der Waals surface area contributed by atoms with Gasteiger partial charge in [-0.05, 0) is 29.6 Å². The molecule has 0 saturated carbocycles. The molecular formula is C18H24N2O4S2. The molecule has 1 aromatic carbocycles. The van der Waals surface area contributed by atoms with Gasteiger partial charge in [-0.2, -0.15) is 4.31 Å². The van der Waals surface area contributed by atoms with Gasteiger partial charge in [-0.1, -0.05) is 19.9 Å². The second-order valence-electron chi connectivity index (χ2n) is 5.69. The van der Waals surface area contributed by atoms with E-state index in [0.29, 0.717) is 25.4 Å². The number of methoxy groups -OCH3 is 1. The van der Waals surface area contributed by atoms with Crippen LogP contribution in [0, 0.1) is 0 Å². The first-order valence-electron chi connectivity index (χ1n) is 8.31. The molecule has 1 heterocycles. The highest BCUT2D eigenvalue weighted by atomic mass is 32.2. The molecule has 0 aliphatic rings. The lowest BCUT2D eigenvalue weighted by Crippen LogP contribution is -2.31. The number of thiophene rings is 1. The number of sulfonamides is 1. The second kappa shape index (κ2) is 8.66. The van der Waals surface area contributed by atoms with Crippen molar-refractivity contribution in [3.63, 3.8) is 0 Å². The molecule has 2 aromatic rings. The number of carbonyl (C=O) groups excluding carboxylic acids is 1. The Labute approximate surface area is 159 Å². The highest BCUT2D eigenvalue weighted by molar-refractivity contribution is 7.89. The molecule has 6 nitrogen and oxygen atoms in total. The van der Waals surface area contributed by atoms with Gasteiger partial charge >= 0.3 is 0 Å². The Kier molecular flexibility index (Phi) is 6.80. The van der Waals surface area contributed by atoms with Crippen molar-refractivity contribution in [3.8, 4) is 5.75 Å².